The summed E-state index contributed by atoms with van der Waals surface area (Å²) in [4.78, 5) is 20.9. The van der Waals surface area contributed by atoms with Gasteiger partial charge >= 0.3 is 0 Å². The number of carbonyl (C=O) groups excluding carboxylic acids is 1. The number of hydrogen-bond donors (Lipinski definition) is 1. The Morgan fingerprint density at radius 3 is 2.83 bits per heavy atom. The minimum Gasteiger partial charge on any atom is -0.475 e. The summed E-state index contributed by atoms with van der Waals surface area (Å²) in [6.07, 6.45) is 3.24. The first-order valence-electron chi connectivity index (χ1n) is 7.51. The molecule has 2 heterocycles. The van der Waals surface area contributed by atoms with E-state index >= 15 is 0 Å². The zero-order valence-corrected chi connectivity index (χ0v) is 13.2. The van der Waals surface area contributed by atoms with Crippen molar-refractivity contribution in [3.05, 3.63) is 60.4 Å². The van der Waals surface area contributed by atoms with Gasteiger partial charge in [0.2, 0.25) is 5.88 Å². The highest BCUT2D eigenvalue weighted by Crippen LogP contribution is 2.21. The monoisotopic (exact) mass is 323 g/mol. The van der Waals surface area contributed by atoms with Crippen LogP contribution in [0, 0.1) is 0 Å². The third-order valence-corrected chi connectivity index (χ3v) is 3.42. The van der Waals surface area contributed by atoms with E-state index in [1.165, 1.54) is 0 Å². The number of ether oxygens (including phenoxy) is 2. The van der Waals surface area contributed by atoms with Crippen molar-refractivity contribution >= 4 is 22.5 Å². The molecule has 1 aromatic carbocycles. The molecule has 122 valence electrons. The van der Waals surface area contributed by atoms with Crippen LogP contribution in [0.4, 0.5) is 5.69 Å². The van der Waals surface area contributed by atoms with Crippen molar-refractivity contribution in [2.75, 3.05) is 25.6 Å². The van der Waals surface area contributed by atoms with Gasteiger partial charge in [-0.25, -0.2) is 4.98 Å². The maximum absolute atomic E-state index is 12.5. The molecule has 0 aliphatic rings. The van der Waals surface area contributed by atoms with Crippen molar-refractivity contribution < 1.29 is 14.3 Å². The lowest BCUT2D eigenvalue weighted by atomic mass is 10.2. The number of nitrogens with one attached hydrogen (secondary N) is 1. The number of pyridine rings is 2. The fourth-order valence-electron chi connectivity index (χ4n) is 2.26. The summed E-state index contributed by atoms with van der Waals surface area (Å²) in [6, 6.07) is 12.7. The number of amides is 1. The molecule has 0 aliphatic carbocycles. The second-order valence-electron chi connectivity index (χ2n) is 5.06. The molecule has 6 nitrogen and oxygen atoms in total. The molecule has 1 amide bonds. The summed E-state index contributed by atoms with van der Waals surface area (Å²) in [5, 5.41) is 3.85. The zero-order chi connectivity index (χ0) is 16.8. The van der Waals surface area contributed by atoms with Crippen LogP contribution in [0.3, 0.4) is 0 Å². The Kier molecular flexibility index (Phi) is 4.98. The molecule has 0 unspecified atom stereocenters. The number of hydrogen-bond acceptors (Lipinski definition) is 5. The molecular weight excluding hydrogens is 306 g/mol. The van der Waals surface area contributed by atoms with Crippen LogP contribution in [0.1, 0.15) is 10.4 Å². The van der Waals surface area contributed by atoms with Gasteiger partial charge in [0.1, 0.15) is 6.61 Å². The van der Waals surface area contributed by atoms with Crippen molar-refractivity contribution in [1.29, 1.82) is 0 Å². The molecule has 3 rings (SSSR count). The molecule has 0 atom stereocenters. The van der Waals surface area contributed by atoms with Gasteiger partial charge in [-0.3, -0.25) is 9.78 Å². The van der Waals surface area contributed by atoms with Crippen LogP contribution in [-0.2, 0) is 4.74 Å². The number of anilines is 1. The predicted molar refractivity (Wildman–Crippen MR) is 91.3 cm³/mol. The van der Waals surface area contributed by atoms with Crippen LogP contribution in [0.15, 0.2) is 54.9 Å². The number of nitrogens with zero attached hydrogens (tertiary/aromatic N) is 2. The van der Waals surface area contributed by atoms with Gasteiger partial charge in [0.25, 0.3) is 5.91 Å². The Hall–Kier alpha value is -2.99. The molecule has 0 radical (unpaired) electrons. The van der Waals surface area contributed by atoms with Crippen LogP contribution < -0.4 is 10.1 Å². The quantitative estimate of drug-likeness (QED) is 0.706. The molecule has 1 N–H and O–H groups in total. The van der Waals surface area contributed by atoms with Crippen LogP contribution in [0.2, 0.25) is 0 Å². The minimum absolute atomic E-state index is 0.243. The lowest BCUT2D eigenvalue weighted by Crippen LogP contribution is -2.13. The Morgan fingerprint density at radius 1 is 1.08 bits per heavy atom. The number of fused-ring (bicyclic) bond motifs is 1. The van der Waals surface area contributed by atoms with Crippen LogP contribution in [-0.4, -0.2) is 36.2 Å². The molecule has 2 aromatic heterocycles. The standard InChI is InChI=1S/C18H17N3O3/c1-23-10-11-24-16-12-14(7-9-19-16)18(22)21-15-6-2-4-13-5-3-8-20-17(13)15/h2-9,12H,10-11H2,1H3,(H,21,22). The van der Waals surface area contributed by atoms with Gasteiger partial charge in [0.15, 0.2) is 0 Å². The molecule has 3 aromatic rings. The number of carbonyl (C=O) groups is 1. The minimum atomic E-state index is -0.243. The lowest BCUT2D eigenvalue weighted by Gasteiger charge is -2.09. The average Bonchev–Trinajstić information content (AvgIpc) is 2.62. The lowest BCUT2D eigenvalue weighted by molar-refractivity contribution is 0.102. The number of methoxy groups -OCH3 is 1. The summed E-state index contributed by atoms with van der Waals surface area (Å²) >= 11 is 0. The summed E-state index contributed by atoms with van der Waals surface area (Å²) in [6.45, 7) is 0.835. The number of para-hydroxylation sites is 1. The fraction of sp³-hybridized carbons (Fsp3) is 0.167. The van der Waals surface area contributed by atoms with E-state index in [1.807, 2.05) is 30.3 Å². The van der Waals surface area contributed by atoms with Crippen LogP contribution >= 0.6 is 0 Å². The van der Waals surface area contributed by atoms with E-state index in [9.17, 15) is 4.79 Å². The van der Waals surface area contributed by atoms with Gasteiger partial charge in [0.05, 0.1) is 17.8 Å². The third kappa shape index (κ3) is 3.67. The van der Waals surface area contributed by atoms with Gasteiger partial charge in [-0.05, 0) is 18.2 Å². The summed E-state index contributed by atoms with van der Waals surface area (Å²) in [7, 11) is 1.60. The van der Waals surface area contributed by atoms with Crippen molar-refractivity contribution in [1.82, 2.24) is 9.97 Å². The topological polar surface area (TPSA) is 73.3 Å². The molecule has 6 heteroatoms. The fourth-order valence-corrected chi connectivity index (χ4v) is 2.26. The second-order valence-corrected chi connectivity index (χ2v) is 5.06. The Labute approximate surface area is 139 Å². The highest BCUT2D eigenvalue weighted by atomic mass is 16.5. The summed E-state index contributed by atoms with van der Waals surface area (Å²) in [5.41, 5.74) is 1.88. The molecular formula is C18H17N3O3. The first-order chi connectivity index (χ1) is 11.8. The van der Waals surface area contributed by atoms with Crippen molar-refractivity contribution in [2.45, 2.75) is 0 Å². The average molecular weight is 323 g/mol. The van der Waals surface area contributed by atoms with Crippen LogP contribution in [0.5, 0.6) is 5.88 Å². The molecule has 24 heavy (non-hydrogen) atoms. The summed E-state index contributed by atoms with van der Waals surface area (Å²) < 4.78 is 10.4. The van der Waals surface area contributed by atoms with Gasteiger partial charge < -0.3 is 14.8 Å². The molecule has 0 saturated carbocycles. The molecule has 0 fully saturated rings. The SMILES string of the molecule is COCCOc1cc(C(=O)Nc2cccc3cccnc23)ccn1. The van der Waals surface area contributed by atoms with E-state index in [-0.39, 0.29) is 5.91 Å². The number of benzene rings is 1. The zero-order valence-electron chi connectivity index (χ0n) is 13.2. The second kappa shape index (κ2) is 7.52. The first kappa shape index (κ1) is 15.9. The van der Waals surface area contributed by atoms with Crippen LogP contribution in [0.25, 0.3) is 10.9 Å². The van der Waals surface area contributed by atoms with Gasteiger partial charge in [-0.15, -0.1) is 0 Å². The molecule has 0 aliphatic heterocycles. The van der Waals surface area contributed by atoms with E-state index in [0.29, 0.717) is 30.3 Å². The normalized spacial score (nSPS) is 10.5. The maximum atomic E-state index is 12.5. The smallest absolute Gasteiger partial charge is 0.255 e. The Morgan fingerprint density at radius 2 is 1.96 bits per heavy atom. The van der Waals surface area contributed by atoms with E-state index in [1.54, 1.807) is 31.6 Å². The maximum Gasteiger partial charge on any atom is 0.255 e. The van der Waals surface area contributed by atoms with Gasteiger partial charge in [0, 0.05) is 36.5 Å². The predicted octanol–water partition coefficient (Wildman–Crippen LogP) is 2.91. The highest BCUT2D eigenvalue weighted by Gasteiger charge is 2.10. The van der Waals surface area contributed by atoms with Gasteiger partial charge in [-0.2, -0.15) is 0 Å². The first-order valence-corrected chi connectivity index (χ1v) is 7.51. The summed E-state index contributed by atoms with van der Waals surface area (Å²) in [5.74, 6) is 0.142. The third-order valence-electron chi connectivity index (χ3n) is 3.42. The van der Waals surface area contributed by atoms with Crippen molar-refractivity contribution in [3.8, 4) is 5.88 Å². The van der Waals surface area contributed by atoms with Crippen molar-refractivity contribution in [3.63, 3.8) is 0 Å². The molecule has 0 bridgehead atoms. The Balaban J connectivity index is 1.78. The van der Waals surface area contributed by atoms with E-state index in [4.69, 9.17) is 9.47 Å². The van der Waals surface area contributed by atoms with Crippen molar-refractivity contribution in [2.24, 2.45) is 0 Å². The largest absolute Gasteiger partial charge is 0.475 e. The highest BCUT2D eigenvalue weighted by molar-refractivity contribution is 6.08. The van der Waals surface area contributed by atoms with Gasteiger partial charge in [-0.1, -0.05) is 18.2 Å². The molecule has 0 spiro atoms. The molecule has 0 saturated heterocycles. The van der Waals surface area contributed by atoms with E-state index in [0.717, 1.165) is 10.9 Å². The number of aromatic nitrogens is 2. The Bertz CT molecular complexity index is 846. The van der Waals surface area contributed by atoms with E-state index < -0.39 is 0 Å². The number of rotatable bonds is 6. The van der Waals surface area contributed by atoms with E-state index in [2.05, 4.69) is 15.3 Å².